The van der Waals surface area contributed by atoms with E-state index in [0.717, 1.165) is 5.76 Å². The predicted molar refractivity (Wildman–Crippen MR) is 71.5 cm³/mol. The number of nitrogens with one attached hydrogen (secondary N) is 1. The normalized spacial score (nSPS) is 24.4. The zero-order valence-electron chi connectivity index (χ0n) is 11.8. The summed E-state index contributed by atoms with van der Waals surface area (Å²) >= 11 is 0. The van der Waals surface area contributed by atoms with Crippen molar-refractivity contribution in [3.63, 3.8) is 0 Å². The molecular formula is C14H22N2O3. The van der Waals surface area contributed by atoms with Gasteiger partial charge in [-0.1, -0.05) is 6.42 Å². The standard InChI is InChI=1S/C14H22N2O3/c1-10-5-4-6-11(2)16(10)15-9-12-7-8-13(19-12)14(17)18-3/h7-8,10-11,15H,4-6,9H2,1-3H3. The van der Waals surface area contributed by atoms with Crippen LogP contribution in [0.4, 0.5) is 0 Å². The molecule has 0 saturated carbocycles. The Morgan fingerprint density at radius 3 is 2.74 bits per heavy atom. The van der Waals surface area contributed by atoms with Crippen LogP contribution in [-0.4, -0.2) is 30.2 Å². The second-order valence-electron chi connectivity index (χ2n) is 5.13. The number of carbonyl (C=O) groups is 1. The van der Waals surface area contributed by atoms with E-state index in [-0.39, 0.29) is 5.76 Å². The molecule has 5 nitrogen and oxygen atoms in total. The number of nitrogens with zero attached hydrogens (tertiary/aromatic N) is 1. The maximum Gasteiger partial charge on any atom is 0.373 e. The predicted octanol–water partition coefficient (Wildman–Crippen LogP) is 2.33. The minimum Gasteiger partial charge on any atom is -0.463 e. The first-order chi connectivity index (χ1) is 9.11. The Morgan fingerprint density at radius 2 is 2.11 bits per heavy atom. The molecule has 0 radical (unpaired) electrons. The van der Waals surface area contributed by atoms with E-state index in [9.17, 15) is 4.79 Å². The number of furan rings is 1. The summed E-state index contributed by atoms with van der Waals surface area (Å²) in [4.78, 5) is 11.3. The summed E-state index contributed by atoms with van der Waals surface area (Å²) in [7, 11) is 1.35. The van der Waals surface area contributed by atoms with Gasteiger partial charge in [0.1, 0.15) is 5.76 Å². The number of ether oxygens (including phenoxy) is 1. The number of hydrogen-bond donors (Lipinski definition) is 1. The summed E-state index contributed by atoms with van der Waals surface area (Å²) < 4.78 is 10.0. The number of esters is 1. The van der Waals surface area contributed by atoms with Crippen LogP contribution in [0.5, 0.6) is 0 Å². The van der Waals surface area contributed by atoms with E-state index in [1.54, 1.807) is 12.1 Å². The van der Waals surface area contributed by atoms with Gasteiger partial charge in [-0.2, -0.15) is 0 Å². The Morgan fingerprint density at radius 1 is 1.42 bits per heavy atom. The van der Waals surface area contributed by atoms with Crippen molar-refractivity contribution in [1.82, 2.24) is 10.4 Å². The maximum absolute atomic E-state index is 11.3. The zero-order valence-corrected chi connectivity index (χ0v) is 11.8. The molecule has 19 heavy (non-hydrogen) atoms. The zero-order chi connectivity index (χ0) is 13.8. The van der Waals surface area contributed by atoms with Gasteiger partial charge in [0, 0.05) is 12.1 Å². The van der Waals surface area contributed by atoms with Crippen LogP contribution in [0, 0.1) is 0 Å². The highest BCUT2D eigenvalue weighted by atomic mass is 16.5. The molecule has 106 valence electrons. The third-order valence-corrected chi connectivity index (χ3v) is 3.68. The van der Waals surface area contributed by atoms with Crippen molar-refractivity contribution >= 4 is 5.97 Å². The molecular weight excluding hydrogens is 244 g/mol. The van der Waals surface area contributed by atoms with Gasteiger partial charge in [0.25, 0.3) is 0 Å². The lowest BCUT2D eigenvalue weighted by molar-refractivity contribution is 0.0403. The van der Waals surface area contributed by atoms with Crippen LogP contribution in [0.15, 0.2) is 16.5 Å². The smallest absolute Gasteiger partial charge is 0.373 e. The number of piperidine rings is 1. The van der Waals surface area contributed by atoms with E-state index >= 15 is 0 Å². The van der Waals surface area contributed by atoms with Gasteiger partial charge in [-0.25, -0.2) is 15.2 Å². The molecule has 0 aromatic carbocycles. The van der Waals surface area contributed by atoms with E-state index in [0.29, 0.717) is 18.6 Å². The molecule has 2 unspecified atom stereocenters. The number of hydrogen-bond acceptors (Lipinski definition) is 5. The van der Waals surface area contributed by atoms with Gasteiger partial charge in [0.15, 0.2) is 0 Å². The topological polar surface area (TPSA) is 54.7 Å². The average Bonchev–Trinajstić information content (AvgIpc) is 2.86. The minimum atomic E-state index is -0.439. The molecule has 2 atom stereocenters. The number of rotatable bonds is 4. The summed E-state index contributed by atoms with van der Waals surface area (Å²) in [6.07, 6.45) is 3.71. The molecule has 1 aromatic rings. The Hall–Kier alpha value is -1.33. The summed E-state index contributed by atoms with van der Waals surface area (Å²) in [5, 5.41) is 2.28. The molecule has 1 aliphatic rings. The van der Waals surface area contributed by atoms with Crippen LogP contribution < -0.4 is 5.43 Å². The van der Waals surface area contributed by atoms with Crippen molar-refractivity contribution in [1.29, 1.82) is 0 Å². The molecule has 2 rings (SSSR count). The summed E-state index contributed by atoms with van der Waals surface area (Å²) in [6.45, 7) is 5.04. The lowest BCUT2D eigenvalue weighted by Crippen LogP contribution is -2.51. The molecule has 0 bridgehead atoms. The van der Waals surface area contributed by atoms with Crippen molar-refractivity contribution < 1.29 is 13.9 Å². The molecule has 1 N–H and O–H groups in total. The van der Waals surface area contributed by atoms with Gasteiger partial charge in [0.2, 0.25) is 5.76 Å². The van der Waals surface area contributed by atoms with Gasteiger partial charge in [-0.15, -0.1) is 0 Å². The molecule has 0 spiro atoms. The third-order valence-electron chi connectivity index (χ3n) is 3.68. The van der Waals surface area contributed by atoms with Crippen molar-refractivity contribution in [3.8, 4) is 0 Å². The van der Waals surface area contributed by atoms with Crippen LogP contribution in [-0.2, 0) is 11.3 Å². The van der Waals surface area contributed by atoms with Crippen molar-refractivity contribution in [3.05, 3.63) is 23.7 Å². The van der Waals surface area contributed by atoms with Gasteiger partial charge in [-0.05, 0) is 38.8 Å². The van der Waals surface area contributed by atoms with Gasteiger partial charge >= 0.3 is 5.97 Å². The number of methoxy groups -OCH3 is 1. The summed E-state index contributed by atoms with van der Waals surface area (Å²) in [6, 6.07) is 4.50. The number of hydrazine groups is 1. The molecule has 2 heterocycles. The van der Waals surface area contributed by atoms with Crippen molar-refractivity contribution in [2.45, 2.75) is 51.7 Å². The SMILES string of the molecule is COC(=O)c1ccc(CNN2C(C)CCCC2C)o1. The van der Waals surface area contributed by atoms with Gasteiger partial charge in [0.05, 0.1) is 13.7 Å². The van der Waals surface area contributed by atoms with E-state index in [1.807, 2.05) is 0 Å². The van der Waals surface area contributed by atoms with Crippen LogP contribution in [0.25, 0.3) is 0 Å². The highest BCUT2D eigenvalue weighted by Gasteiger charge is 2.24. The van der Waals surface area contributed by atoms with Crippen LogP contribution in [0.2, 0.25) is 0 Å². The molecule has 5 heteroatoms. The lowest BCUT2D eigenvalue weighted by Gasteiger charge is -2.38. The van der Waals surface area contributed by atoms with Crippen LogP contribution >= 0.6 is 0 Å². The van der Waals surface area contributed by atoms with Crippen LogP contribution in [0.1, 0.15) is 49.4 Å². The Balaban J connectivity index is 1.91. The quantitative estimate of drug-likeness (QED) is 0.848. The summed E-state index contributed by atoms with van der Waals surface area (Å²) in [5.74, 6) is 0.551. The molecule has 1 fully saturated rings. The Bertz CT molecular complexity index is 420. The highest BCUT2D eigenvalue weighted by Crippen LogP contribution is 2.20. The molecule has 0 amide bonds. The second-order valence-corrected chi connectivity index (χ2v) is 5.13. The lowest BCUT2D eigenvalue weighted by atomic mass is 10.00. The molecule has 1 saturated heterocycles. The minimum absolute atomic E-state index is 0.249. The highest BCUT2D eigenvalue weighted by molar-refractivity contribution is 5.86. The fourth-order valence-corrected chi connectivity index (χ4v) is 2.59. The fraction of sp³-hybridized carbons (Fsp3) is 0.643. The first-order valence-electron chi connectivity index (χ1n) is 6.80. The third kappa shape index (κ3) is 3.36. The maximum atomic E-state index is 11.3. The Labute approximate surface area is 113 Å². The van der Waals surface area contributed by atoms with Crippen LogP contribution in [0.3, 0.4) is 0 Å². The molecule has 0 aliphatic carbocycles. The van der Waals surface area contributed by atoms with Gasteiger partial charge in [-0.3, -0.25) is 0 Å². The van der Waals surface area contributed by atoms with Gasteiger partial charge < -0.3 is 9.15 Å². The average molecular weight is 266 g/mol. The summed E-state index contributed by atoms with van der Waals surface area (Å²) in [5.41, 5.74) is 3.40. The van der Waals surface area contributed by atoms with E-state index in [4.69, 9.17) is 4.42 Å². The number of carbonyl (C=O) groups excluding carboxylic acids is 1. The monoisotopic (exact) mass is 266 g/mol. The molecule has 1 aliphatic heterocycles. The second kappa shape index (κ2) is 6.21. The van der Waals surface area contributed by atoms with E-state index in [2.05, 4.69) is 29.0 Å². The first kappa shape index (κ1) is 14.1. The first-order valence-corrected chi connectivity index (χ1v) is 6.80. The van der Waals surface area contributed by atoms with Crippen molar-refractivity contribution in [2.24, 2.45) is 0 Å². The van der Waals surface area contributed by atoms with Crippen molar-refractivity contribution in [2.75, 3.05) is 7.11 Å². The molecule has 1 aromatic heterocycles. The fourth-order valence-electron chi connectivity index (χ4n) is 2.59. The van der Waals surface area contributed by atoms with E-state index in [1.165, 1.54) is 26.4 Å². The van der Waals surface area contributed by atoms with E-state index < -0.39 is 5.97 Å². The Kier molecular flexibility index (Phi) is 4.61. The largest absolute Gasteiger partial charge is 0.463 e.